The second kappa shape index (κ2) is 9.17. The van der Waals surface area contributed by atoms with Crippen molar-refractivity contribution in [1.82, 2.24) is 19.5 Å². The highest BCUT2D eigenvalue weighted by atomic mass is 19.4. The molecule has 0 atom stereocenters. The minimum absolute atomic E-state index is 0.0186. The van der Waals surface area contributed by atoms with Crippen LogP contribution in [0.1, 0.15) is 5.56 Å². The first-order valence-corrected chi connectivity index (χ1v) is 9.71. The Morgan fingerprint density at radius 3 is 2.44 bits per heavy atom. The minimum atomic E-state index is -4.49. The van der Waals surface area contributed by atoms with Gasteiger partial charge in [-0.3, -0.25) is 0 Å². The number of benzene rings is 2. The summed E-state index contributed by atoms with van der Waals surface area (Å²) in [6, 6.07) is 8.22. The number of urea groups is 1. The van der Waals surface area contributed by atoms with Gasteiger partial charge >= 0.3 is 18.2 Å². The van der Waals surface area contributed by atoms with Crippen molar-refractivity contribution in [3.8, 4) is 23.1 Å². The van der Waals surface area contributed by atoms with Gasteiger partial charge in [-0.1, -0.05) is 0 Å². The van der Waals surface area contributed by atoms with E-state index in [-0.39, 0.29) is 23.1 Å². The van der Waals surface area contributed by atoms with E-state index in [0.29, 0.717) is 11.4 Å². The second-order valence-electron chi connectivity index (χ2n) is 7.05. The normalized spacial score (nSPS) is 11.2. The van der Waals surface area contributed by atoms with Gasteiger partial charge in [0.15, 0.2) is 0 Å². The number of imidazole rings is 1. The Morgan fingerprint density at radius 2 is 1.76 bits per heavy atom. The lowest BCUT2D eigenvalue weighted by Gasteiger charge is -2.11. The molecule has 174 valence electrons. The molecule has 34 heavy (non-hydrogen) atoms. The Bertz CT molecular complexity index is 1320. The van der Waals surface area contributed by atoms with Crippen LogP contribution in [-0.2, 0) is 13.2 Å². The van der Waals surface area contributed by atoms with Crippen molar-refractivity contribution in [2.75, 3.05) is 10.6 Å². The molecule has 2 amide bonds. The van der Waals surface area contributed by atoms with Crippen LogP contribution >= 0.6 is 0 Å². The number of alkyl halides is 3. The third-order valence-corrected chi connectivity index (χ3v) is 4.47. The third kappa shape index (κ3) is 5.46. The monoisotopic (exact) mass is 472 g/mol. The van der Waals surface area contributed by atoms with E-state index in [4.69, 9.17) is 4.74 Å². The zero-order valence-electron chi connectivity index (χ0n) is 17.5. The highest BCUT2D eigenvalue weighted by Gasteiger charge is 2.30. The second-order valence-corrected chi connectivity index (χ2v) is 7.05. The fourth-order valence-electron chi connectivity index (χ4n) is 2.87. The molecule has 2 aromatic carbocycles. The summed E-state index contributed by atoms with van der Waals surface area (Å²) in [4.78, 5) is 24.7. The molecule has 0 aliphatic carbocycles. The molecule has 0 spiro atoms. The average molecular weight is 472 g/mol. The smallest absolute Gasteiger partial charge is 0.416 e. The van der Waals surface area contributed by atoms with Gasteiger partial charge < -0.3 is 19.9 Å². The number of hydrogen-bond donors (Lipinski definition) is 2. The summed E-state index contributed by atoms with van der Waals surface area (Å²) in [5.74, 6) is -0.609. The van der Waals surface area contributed by atoms with Crippen molar-refractivity contribution in [3.63, 3.8) is 0 Å². The van der Waals surface area contributed by atoms with Crippen LogP contribution in [0.2, 0.25) is 0 Å². The number of halogens is 4. The molecule has 8 nitrogen and oxygen atoms in total. The van der Waals surface area contributed by atoms with Gasteiger partial charge in [-0.2, -0.15) is 18.2 Å². The number of hydrogen-bond acceptors (Lipinski definition) is 5. The Kier molecular flexibility index (Phi) is 6.13. The van der Waals surface area contributed by atoms with Gasteiger partial charge in [0.05, 0.1) is 23.3 Å². The molecule has 0 radical (unpaired) electrons. The number of carbonyl (C=O) groups excluding carboxylic acids is 1. The van der Waals surface area contributed by atoms with Gasteiger partial charge in [-0.25, -0.2) is 19.2 Å². The standard InChI is InChI=1S/C22H16F4N6O2/c1-32-11-19(28-12-32)17-8-9-27-21(31-17)34-15-6-7-16(23)18(10-15)30-20(33)29-14-4-2-13(3-5-14)22(24,25)26/h2-12H,1H3,(H2,29,30,33). The largest absolute Gasteiger partial charge is 0.424 e. The maximum absolute atomic E-state index is 14.2. The molecule has 4 rings (SSSR count). The molecule has 12 heteroatoms. The topological polar surface area (TPSA) is 94.0 Å². The number of carbonyl (C=O) groups is 1. The predicted octanol–water partition coefficient (Wildman–Crippen LogP) is 5.47. The first-order chi connectivity index (χ1) is 16.2. The zero-order valence-corrected chi connectivity index (χ0v) is 17.5. The average Bonchev–Trinajstić information content (AvgIpc) is 3.22. The van der Waals surface area contributed by atoms with Crippen LogP contribution in [0.15, 0.2) is 67.3 Å². The molecule has 0 aliphatic rings. The number of ether oxygens (including phenoxy) is 1. The molecule has 0 unspecified atom stereocenters. The first kappa shape index (κ1) is 22.7. The van der Waals surface area contributed by atoms with Crippen molar-refractivity contribution in [3.05, 3.63) is 78.6 Å². The molecule has 2 N–H and O–H groups in total. The van der Waals surface area contributed by atoms with Gasteiger partial charge in [-0.15, -0.1) is 0 Å². The quantitative estimate of drug-likeness (QED) is 0.376. The van der Waals surface area contributed by atoms with E-state index >= 15 is 0 Å². The number of anilines is 2. The third-order valence-electron chi connectivity index (χ3n) is 4.47. The molecule has 0 aliphatic heterocycles. The molecule has 2 heterocycles. The number of amides is 2. The van der Waals surface area contributed by atoms with Crippen LogP contribution < -0.4 is 15.4 Å². The van der Waals surface area contributed by atoms with E-state index in [1.807, 2.05) is 7.05 Å². The van der Waals surface area contributed by atoms with Gasteiger partial charge in [0, 0.05) is 31.2 Å². The molecule has 0 saturated carbocycles. The van der Waals surface area contributed by atoms with Gasteiger partial charge in [0.2, 0.25) is 0 Å². The van der Waals surface area contributed by atoms with Crippen LogP contribution in [0, 0.1) is 5.82 Å². The van der Waals surface area contributed by atoms with E-state index in [0.717, 1.165) is 30.3 Å². The van der Waals surface area contributed by atoms with Gasteiger partial charge in [-0.05, 0) is 42.5 Å². The first-order valence-electron chi connectivity index (χ1n) is 9.71. The predicted molar refractivity (Wildman–Crippen MR) is 115 cm³/mol. The van der Waals surface area contributed by atoms with Crippen molar-refractivity contribution >= 4 is 17.4 Å². The molecule has 0 bridgehead atoms. The summed E-state index contributed by atoms with van der Waals surface area (Å²) in [5.41, 5.74) is 0.141. The summed E-state index contributed by atoms with van der Waals surface area (Å²) >= 11 is 0. The molecule has 2 aromatic heterocycles. The van der Waals surface area contributed by atoms with Gasteiger partial charge in [0.1, 0.15) is 17.3 Å². The lowest BCUT2D eigenvalue weighted by Crippen LogP contribution is -2.20. The lowest BCUT2D eigenvalue weighted by atomic mass is 10.2. The molecule has 0 fully saturated rings. The molecule has 0 saturated heterocycles. The lowest BCUT2D eigenvalue weighted by molar-refractivity contribution is -0.137. The van der Waals surface area contributed by atoms with E-state index in [1.54, 1.807) is 23.2 Å². The number of rotatable bonds is 5. The van der Waals surface area contributed by atoms with Crippen molar-refractivity contribution in [2.45, 2.75) is 6.18 Å². The molecule has 4 aromatic rings. The van der Waals surface area contributed by atoms with Crippen LogP contribution in [0.5, 0.6) is 11.8 Å². The van der Waals surface area contributed by atoms with Crippen LogP contribution in [0.3, 0.4) is 0 Å². The maximum atomic E-state index is 14.2. The summed E-state index contributed by atoms with van der Waals surface area (Å²) in [6.07, 6.45) is 0.366. The highest BCUT2D eigenvalue weighted by Crippen LogP contribution is 2.30. The Balaban J connectivity index is 1.44. The SMILES string of the molecule is Cn1cnc(-c2ccnc(Oc3ccc(F)c(NC(=O)Nc4ccc(C(F)(F)F)cc4)c3)n2)c1. The fourth-order valence-corrected chi connectivity index (χ4v) is 2.87. The Labute approximate surface area is 190 Å². The van der Waals surface area contributed by atoms with E-state index in [2.05, 4.69) is 25.6 Å². The van der Waals surface area contributed by atoms with E-state index in [1.165, 1.54) is 18.3 Å². The summed E-state index contributed by atoms with van der Waals surface area (Å²) in [5, 5.41) is 4.62. The highest BCUT2D eigenvalue weighted by molar-refractivity contribution is 5.99. The van der Waals surface area contributed by atoms with Crippen molar-refractivity contribution in [2.24, 2.45) is 7.05 Å². The van der Waals surface area contributed by atoms with Crippen LogP contribution in [0.4, 0.5) is 33.7 Å². The van der Waals surface area contributed by atoms with E-state index in [9.17, 15) is 22.4 Å². The summed E-state index contributed by atoms with van der Waals surface area (Å²) in [7, 11) is 1.82. The molecular weight excluding hydrogens is 456 g/mol. The van der Waals surface area contributed by atoms with E-state index < -0.39 is 23.6 Å². The Hall–Kier alpha value is -4.48. The van der Waals surface area contributed by atoms with Crippen molar-refractivity contribution in [1.29, 1.82) is 0 Å². The van der Waals surface area contributed by atoms with Crippen LogP contribution in [0.25, 0.3) is 11.4 Å². The Morgan fingerprint density at radius 1 is 1.00 bits per heavy atom. The zero-order chi connectivity index (χ0) is 24.3. The molecular formula is C22H16F4N6O2. The number of nitrogens with zero attached hydrogens (tertiary/aromatic N) is 4. The minimum Gasteiger partial charge on any atom is -0.424 e. The number of aryl methyl sites for hydroxylation is 1. The summed E-state index contributed by atoms with van der Waals surface area (Å²) in [6.45, 7) is 0. The summed E-state index contributed by atoms with van der Waals surface area (Å²) < 4.78 is 59.5. The number of nitrogens with one attached hydrogen (secondary N) is 2. The number of aromatic nitrogens is 4. The van der Waals surface area contributed by atoms with Crippen LogP contribution in [-0.4, -0.2) is 25.6 Å². The van der Waals surface area contributed by atoms with Gasteiger partial charge in [0.25, 0.3) is 0 Å². The fraction of sp³-hybridized carbons (Fsp3) is 0.0909. The van der Waals surface area contributed by atoms with Crippen molar-refractivity contribution < 1.29 is 27.1 Å². The maximum Gasteiger partial charge on any atom is 0.416 e.